The fourth-order valence-corrected chi connectivity index (χ4v) is 2.27. The summed E-state index contributed by atoms with van der Waals surface area (Å²) in [6.07, 6.45) is -1.50. The zero-order valence-electron chi connectivity index (χ0n) is 13.9. The molecular weight excluding hydrogens is 312 g/mol. The minimum atomic E-state index is -0.763. The lowest BCUT2D eigenvalue weighted by atomic mass is 10.1. The normalized spacial score (nSPS) is 10.1. The van der Waals surface area contributed by atoms with Crippen LogP contribution in [0.25, 0.3) is 10.8 Å². The zero-order valence-corrected chi connectivity index (χ0v) is 13.9. The number of hydrazine groups is 1. The topological polar surface area (TPSA) is 77.1 Å². The second-order valence-electron chi connectivity index (χ2n) is 4.70. The summed E-state index contributed by atoms with van der Waals surface area (Å²) < 4.78 is 15.3. The lowest BCUT2D eigenvalue weighted by molar-refractivity contribution is 0.138. The molecule has 0 bridgehead atoms. The van der Waals surface area contributed by atoms with E-state index in [0.29, 0.717) is 11.4 Å². The number of nitrogens with zero attached hydrogens (tertiary/aromatic N) is 1. The highest BCUT2D eigenvalue weighted by Gasteiger charge is 2.25. The van der Waals surface area contributed by atoms with E-state index in [9.17, 15) is 9.59 Å². The molecule has 0 atom stereocenters. The largest absolute Gasteiger partial charge is 0.494 e. The molecule has 1 N–H and O–H groups in total. The Morgan fingerprint density at radius 2 is 1.75 bits per heavy atom. The minimum Gasteiger partial charge on any atom is -0.494 e. The summed E-state index contributed by atoms with van der Waals surface area (Å²) in [5.41, 5.74) is 2.78. The maximum atomic E-state index is 12.4. The molecule has 0 saturated heterocycles. The molecule has 0 spiro atoms. The SMILES string of the molecule is CCOC(=O)NN(C(=O)OCC)c1c(OC)ccc2ccccc12. The second-order valence-corrected chi connectivity index (χ2v) is 4.70. The van der Waals surface area contributed by atoms with E-state index in [2.05, 4.69) is 5.43 Å². The van der Waals surface area contributed by atoms with Gasteiger partial charge in [-0.15, -0.1) is 0 Å². The summed E-state index contributed by atoms with van der Waals surface area (Å²) in [6.45, 7) is 3.69. The molecule has 0 aliphatic carbocycles. The highest BCUT2D eigenvalue weighted by molar-refractivity contribution is 6.05. The monoisotopic (exact) mass is 332 g/mol. The molecule has 0 fully saturated rings. The lowest BCUT2D eigenvalue weighted by Gasteiger charge is -2.25. The van der Waals surface area contributed by atoms with Gasteiger partial charge in [-0.1, -0.05) is 30.3 Å². The van der Waals surface area contributed by atoms with E-state index in [1.807, 2.05) is 30.3 Å². The van der Waals surface area contributed by atoms with E-state index in [0.717, 1.165) is 15.8 Å². The fraction of sp³-hybridized carbons (Fsp3) is 0.294. The molecule has 128 valence electrons. The molecule has 0 radical (unpaired) electrons. The van der Waals surface area contributed by atoms with Crippen molar-refractivity contribution in [3.8, 4) is 5.75 Å². The fourth-order valence-electron chi connectivity index (χ4n) is 2.27. The van der Waals surface area contributed by atoms with Crippen molar-refractivity contribution in [3.05, 3.63) is 36.4 Å². The average Bonchev–Trinajstić information content (AvgIpc) is 2.59. The van der Waals surface area contributed by atoms with Crippen LogP contribution >= 0.6 is 0 Å². The summed E-state index contributed by atoms with van der Waals surface area (Å²) in [5.74, 6) is 0.415. The number of rotatable bonds is 4. The van der Waals surface area contributed by atoms with E-state index in [-0.39, 0.29) is 13.2 Å². The Balaban J connectivity index is 2.57. The Morgan fingerprint density at radius 3 is 2.42 bits per heavy atom. The summed E-state index contributed by atoms with van der Waals surface area (Å²) in [7, 11) is 1.49. The molecule has 0 saturated carbocycles. The van der Waals surface area contributed by atoms with E-state index in [4.69, 9.17) is 14.2 Å². The quantitative estimate of drug-likeness (QED) is 0.868. The van der Waals surface area contributed by atoms with Gasteiger partial charge in [-0.2, -0.15) is 5.01 Å². The third-order valence-electron chi connectivity index (χ3n) is 3.24. The van der Waals surface area contributed by atoms with Crippen molar-refractivity contribution in [1.82, 2.24) is 5.43 Å². The predicted molar refractivity (Wildman–Crippen MR) is 90.2 cm³/mol. The van der Waals surface area contributed by atoms with Crippen molar-refractivity contribution >= 4 is 28.6 Å². The van der Waals surface area contributed by atoms with Crippen LogP contribution in [0.15, 0.2) is 36.4 Å². The number of hydrogen-bond acceptors (Lipinski definition) is 5. The summed E-state index contributed by atoms with van der Waals surface area (Å²) in [4.78, 5) is 24.2. The van der Waals surface area contributed by atoms with Gasteiger partial charge >= 0.3 is 12.2 Å². The number of ether oxygens (including phenoxy) is 3. The van der Waals surface area contributed by atoms with E-state index in [1.54, 1.807) is 19.9 Å². The van der Waals surface area contributed by atoms with Crippen molar-refractivity contribution in [1.29, 1.82) is 0 Å². The van der Waals surface area contributed by atoms with Crippen LogP contribution in [0.4, 0.5) is 15.3 Å². The van der Waals surface area contributed by atoms with Crippen molar-refractivity contribution in [2.45, 2.75) is 13.8 Å². The van der Waals surface area contributed by atoms with Gasteiger partial charge in [0.2, 0.25) is 0 Å². The number of fused-ring (bicyclic) bond motifs is 1. The van der Waals surface area contributed by atoms with Crippen LogP contribution in [0, 0.1) is 0 Å². The Bertz CT molecular complexity index is 732. The summed E-state index contributed by atoms with van der Waals surface area (Å²) in [5, 5.41) is 2.61. The molecule has 0 aliphatic rings. The maximum Gasteiger partial charge on any atom is 0.433 e. The van der Waals surface area contributed by atoms with Crippen molar-refractivity contribution in [2.24, 2.45) is 0 Å². The Labute approximate surface area is 140 Å². The molecule has 0 heterocycles. The minimum absolute atomic E-state index is 0.160. The number of hydrogen-bond donors (Lipinski definition) is 1. The van der Waals surface area contributed by atoms with Crippen LogP contribution in [0.2, 0.25) is 0 Å². The average molecular weight is 332 g/mol. The maximum absolute atomic E-state index is 12.4. The molecule has 2 aromatic rings. The number of carbonyl (C=O) groups is 2. The molecule has 0 aromatic heterocycles. The molecule has 24 heavy (non-hydrogen) atoms. The molecule has 0 aliphatic heterocycles. The van der Waals surface area contributed by atoms with Gasteiger partial charge in [0, 0.05) is 5.39 Å². The molecule has 0 unspecified atom stereocenters. The van der Waals surface area contributed by atoms with Crippen LogP contribution in [-0.4, -0.2) is 32.5 Å². The first-order valence-corrected chi connectivity index (χ1v) is 7.58. The first-order chi connectivity index (χ1) is 11.6. The number of nitrogens with one attached hydrogen (secondary N) is 1. The van der Waals surface area contributed by atoms with Gasteiger partial charge in [0.1, 0.15) is 11.4 Å². The van der Waals surface area contributed by atoms with Gasteiger partial charge in [0.15, 0.2) is 0 Å². The van der Waals surface area contributed by atoms with Crippen LogP contribution in [0.3, 0.4) is 0 Å². The molecule has 2 aromatic carbocycles. The van der Waals surface area contributed by atoms with Crippen molar-refractivity contribution in [3.63, 3.8) is 0 Å². The first-order valence-electron chi connectivity index (χ1n) is 7.58. The van der Waals surface area contributed by atoms with Gasteiger partial charge in [-0.05, 0) is 25.3 Å². The van der Waals surface area contributed by atoms with Crippen LogP contribution < -0.4 is 15.2 Å². The Kier molecular flexibility index (Phi) is 5.83. The van der Waals surface area contributed by atoms with Gasteiger partial charge in [-0.3, -0.25) is 0 Å². The molecule has 2 amide bonds. The second kappa shape index (κ2) is 8.05. The van der Waals surface area contributed by atoms with Crippen LogP contribution in [-0.2, 0) is 9.47 Å². The van der Waals surface area contributed by atoms with Crippen molar-refractivity contribution < 1.29 is 23.8 Å². The van der Waals surface area contributed by atoms with E-state index < -0.39 is 12.2 Å². The third-order valence-corrected chi connectivity index (χ3v) is 3.24. The zero-order chi connectivity index (χ0) is 17.5. The first kappa shape index (κ1) is 17.4. The van der Waals surface area contributed by atoms with E-state index >= 15 is 0 Å². The van der Waals surface area contributed by atoms with Gasteiger partial charge in [0.05, 0.1) is 20.3 Å². The molecule has 7 heteroatoms. The summed E-state index contributed by atoms with van der Waals surface area (Å²) in [6, 6.07) is 11.0. The van der Waals surface area contributed by atoms with Gasteiger partial charge in [0.25, 0.3) is 0 Å². The van der Waals surface area contributed by atoms with Crippen molar-refractivity contribution in [2.75, 3.05) is 25.3 Å². The Morgan fingerprint density at radius 1 is 1.04 bits per heavy atom. The summed E-state index contributed by atoms with van der Waals surface area (Å²) >= 11 is 0. The standard InChI is InChI=1S/C17H20N2O5/c1-4-23-16(20)18-19(17(21)24-5-2)15-13-9-7-6-8-12(13)10-11-14(15)22-3/h6-11H,4-5H2,1-3H3,(H,18,20). The van der Waals surface area contributed by atoms with Gasteiger partial charge in [-0.25, -0.2) is 15.0 Å². The van der Waals surface area contributed by atoms with Gasteiger partial charge < -0.3 is 14.2 Å². The highest BCUT2D eigenvalue weighted by Crippen LogP contribution is 2.36. The molecular formula is C17H20N2O5. The third kappa shape index (κ3) is 3.68. The molecule has 7 nitrogen and oxygen atoms in total. The smallest absolute Gasteiger partial charge is 0.433 e. The molecule has 2 rings (SSSR count). The number of carbonyl (C=O) groups excluding carboxylic acids is 2. The van der Waals surface area contributed by atoms with E-state index in [1.165, 1.54) is 7.11 Å². The van der Waals surface area contributed by atoms with Crippen LogP contribution in [0.1, 0.15) is 13.8 Å². The number of methoxy groups -OCH3 is 1. The number of benzene rings is 2. The Hall–Kier alpha value is -2.96. The van der Waals surface area contributed by atoms with Crippen LogP contribution in [0.5, 0.6) is 5.75 Å². The number of anilines is 1. The lowest BCUT2D eigenvalue weighted by Crippen LogP contribution is -2.47. The number of amides is 2. The highest BCUT2D eigenvalue weighted by atomic mass is 16.6. The predicted octanol–water partition coefficient (Wildman–Crippen LogP) is 3.47.